The van der Waals surface area contributed by atoms with Gasteiger partial charge in [0.2, 0.25) is 11.7 Å². The molecule has 0 aliphatic rings. The number of hydrogen-bond acceptors (Lipinski definition) is 6. The molecule has 0 aromatic carbocycles. The molecule has 0 spiro atoms. The van der Waals surface area contributed by atoms with Gasteiger partial charge in [-0.15, -0.1) is 0 Å². The molecule has 0 aliphatic carbocycles. The summed E-state index contributed by atoms with van der Waals surface area (Å²) >= 11 is 0. The zero-order valence-electron chi connectivity index (χ0n) is 11.3. The van der Waals surface area contributed by atoms with Crippen LogP contribution in [0.25, 0.3) is 0 Å². The Kier molecular flexibility index (Phi) is 4.28. The van der Waals surface area contributed by atoms with Crippen molar-refractivity contribution in [2.45, 2.75) is 32.4 Å². The second-order valence-corrected chi connectivity index (χ2v) is 4.78. The summed E-state index contributed by atoms with van der Waals surface area (Å²) in [5, 5.41) is 3.94. The number of imidazole rings is 1. The quantitative estimate of drug-likeness (QED) is 0.817. The van der Waals surface area contributed by atoms with Crippen LogP contribution in [0, 0.1) is 5.92 Å². The summed E-state index contributed by atoms with van der Waals surface area (Å²) in [7, 11) is 1.63. The predicted octanol–water partition coefficient (Wildman–Crippen LogP) is 1.38. The van der Waals surface area contributed by atoms with E-state index in [0.717, 1.165) is 5.69 Å². The highest BCUT2D eigenvalue weighted by Crippen LogP contribution is 2.23. The molecule has 0 radical (unpaired) electrons. The molecular formula is C12H19N5O2. The first-order valence-electron chi connectivity index (χ1n) is 6.21. The third-order valence-electron chi connectivity index (χ3n) is 2.88. The van der Waals surface area contributed by atoms with Crippen LogP contribution in [-0.2, 0) is 11.2 Å². The van der Waals surface area contributed by atoms with Crippen LogP contribution in [0.4, 0.5) is 0 Å². The first kappa shape index (κ1) is 13.7. The van der Waals surface area contributed by atoms with Crippen LogP contribution in [-0.4, -0.2) is 27.2 Å². The van der Waals surface area contributed by atoms with Crippen LogP contribution < -0.4 is 5.73 Å². The van der Waals surface area contributed by atoms with Gasteiger partial charge in [-0.2, -0.15) is 4.98 Å². The molecule has 2 aromatic rings. The molecule has 3 N–H and O–H groups in total. The number of methoxy groups -OCH3 is 1. The Morgan fingerprint density at radius 2 is 2.26 bits per heavy atom. The maximum absolute atomic E-state index is 6.03. The Balaban J connectivity index is 2.07. The fraction of sp³-hybridized carbons (Fsp3) is 0.583. The van der Waals surface area contributed by atoms with E-state index in [1.165, 1.54) is 0 Å². The number of rotatable bonds is 6. The largest absolute Gasteiger partial charge is 0.373 e. The number of aromatic amines is 1. The highest BCUT2D eigenvalue weighted by molar-refractivity contribution is 5.03. The van der Waals surface area contributed by atoms with E-state index < -0.39 is 0 Å². The molecule has 2 heterocycles. The Labute approximate surface area is 111 Å². The molecule has 0 aliphatic heterocycles. The molecule has 104 valence electrons. The summed E-state index contributed by atoms with van der Waals surface area (Å²) in [6.45, 7) is 4.07. The van der Waals surface area contributed by atoms with Gasteiger partial charge >= 0.3 is 0 Å². The lowest BCUT2D eigenvalue weighted by atomic mass is 10.1. The Morgan fingerprint density at radius 1 is 1.47 bits per heavy atom. The van der Waals surface area contributed by atoms with Crippen LogP contribution in [0.1, 0.15) is 43.4 Å². The van der Waals surface area contributed by atoms with Gasteiger partial charge in [0, 0.05) is 25.4 Å². The Morgan fingerprint density at radius 3 is 2.84 bits per heavy atom. The number of aromatic nitrogens is 4. The van der Waals surface area contributed by atoms with Crippen molar-refractivity contribution in [3.8, 4) is 0 Å². The molecular weight excluding hydrogens is 246 g/mol. The summed E-state index contributed by atoms with van der Waals surface area (Å²) < 4.78 is 10.6. The predicted molar refractivity (Wildman–Crippen MR) is 68.1 cm³/mol. The highest BCUT2D eigenvalue weighted by atomic mass is 16.5. The topological polar surface area (TPSA) is 103 Å². The zero-order chi connectivity index (χ0) is 13.8. The van der Waals surface area contributed by atoms with Gasteiger partial charge in [-0.3, -0.25) is 0 Å². The summed E-state index contributed by atoms with van der Waals surface area (Å²) in [6.07, 6.45) is 3.72. The molecule has 0 saturated heterocycles. The summed E-state index contributed by atoms with van der Waals surface area (Å²) in [5.74, 6) is 1.21. The molecule has 0 amide bonds. The van der Waals surface area contributed by atoms with E-state index >= 15 is 0 Å². The maximum Gasteiger partial charge on any atom is 0.244 e. The molecule has 7 nitrogen and oxygen atoms in total. The third-order valence-corrected chi connectivity index (χ3v) is 2.88. The van der Waals surface area contributed by atoms with Gasteiger partial charge < -0.3 is 20.0 Å². The van der Waals surface area contributed by atoms with E-state index in [-0.39, 0.29) is 18.1 Å². The van der Waals surface area contributed by atoms with Gasteiger partial charge in [0.05, 0.1) is 12.4 Å². The minimum absolute atomic E-state index is 0.183. The van der Waals surface area contributed by atoms with Gasteiger partial charge in [0.25, 0.3) is 0 Å². The number of nitrogens with two attached hydrogens (primary N) is 1. The molecule has 0 bridgehead atoms. The Bertz CT molecular complexity index is 494. The van der Waals surface area contributed by atoms with Crippen molar-refractivity contribution in [1.29, 1.82) is 0 Å². The van der Waals surface area contributed by atoms with E-state index in [0.29, 0.717) is 18.1 Å². The average molecular weight is 265 g/mol. The molecule has 2 unspecified atom stereocenters. The van der Waals surface area contributed by atoms with Crippen molar-refractivity contribution >= 4 is 0 Å². The van der Waals surface area contributed by atoms with Crippen LogP contribution in [0.5, 0.6) is 0 Å². The molecule has 7 heteroatoms. The molecule has 19 heavy (non-hydrogen) atoms. The van der Waals surface area contributed by atoms with Gasteiger partial charge in [-0.25, -0.2) is 4.98 Å². The van der Waals surface area contributed by atoms with E-state index in [1.54, 1.807) is 19.6 Å². The van der Waals surface area contributed by atoms with E-state index in [1.807, 2.05) is 13.8 Å². The van der Waals surface area contributed by atoms with E-state index in [4.69, 9.17) is 15.0 Å². The minimum Gasteiger partial charge on any atom is -0.373 e. The zero-order valence-corrected chi connectivity index (χ0v) is 11.3. The molecule has 2 atom stereocenters. The first-order valence-corrected chi connectivity index (χ1v) is 6.21. The molecule has 0 saturated carbocycles. The van der Waals surface area contributed by atoms with Crippen molar-refractivity contribution in [2.24, 2.45) is 11.7 Å². The molecule has 0 fully saturated rings. The molecule has 2 aromatic heterocycles. The number of hydrogen-bond donors (Lipinski definition) is 2. The van der Waals surface area contributed by atoms with E-state index in [2.05, 4.69) is 20.1 Å². The lowest BCUT2D eigenvalue weighted by Crippen LogP contribution is -2.15. The summed E-state index contributed by atoms with van der Waals surface area (Å²) in [4.78, 5) is 11.3. The van der Waals surface area contributed by atoms with Crippen LogP contribution in [0.2, 0.25) is 0 Å². The van der Waals surface area contributed by atoms with Crippen LogP contribution in [0.15, 0.2) is 17.0 Å². The fourth-order valence-corrected chi connectivity index (χ4v) is 1.91. The monoisotopic (exact) mass is 265 g/mol. The number of ether oxygens (including phenoxy) is 1. The summed E-state index contributed by atoms with van der Waals surface area (Å²) in [5.41, 5.74) is 6.96. The van der Waals surface area contributed by atoms with Gasteiger partial charge in [-0.05, 0) is 5.92 Å². The van der Waals surface area contributed by atoms with Crippen LogP contribution >= 0.6 is 0 Å². The van der Waals surface area contributed by atoms with Crippen molar-refractivity contribution < 1.29 is 9.26 Å². The number of nitrogens with one attached hydrogen (secondary N) is 1. The second-order valence-electron chi connectivity index (χ2n) is 4.78. The third kappa shape index (κ3) is 3.18. The van der Waals surface area contributed by atoms with Gasteiger partial charge in [0.15, 0.2) is 0 Å². The molecule has 2 rings (SSSR count). The SMILES string of the molecule is COC(c1noc(C(N)Cc2cnc[nH]2)n1)C(C)C. The van der Waals surface area contributed by atoms with Crippen molar-refractivity contribution in [2.75, 3.05) is 7.11 Å². The van der Waals surface area contributed by atoms with Gasteiger partial charge in [0.1, 0.15) is 6.10 Å². The smallest absolute Gasteiger partial charge is 0.244 e. The normalized spacial score (nSPS) is 14.8. The second kappa shape index (κ2) is 5.94. The van der Waals surface area contributed by atoms with Crippen molar-refractivity contribution in [3.63, 3.8) is 0 Å². The summed E-state index contributed by atoms with van der Waals surface area (Å²) in [6, 6.07) is -0.355. The van der Waals surface area contributed by atoms with E-state index in [9.17, 15) is 0 Å². The number of H-pyrrole nitrogens is 1. The van der Waals surface area contributed by atoms with Gasteiger partial charge in [-0.1, -0.05) is 19.0 Å². The average Bonchev–Trinajstić information content (AvgIpc) is 3.00. The van der Waals surface area contributed by atoms with Crippen LogP contribution in [0.3, 0.4) is 0 Å². The lowest BCUT2D eigenvalue weighted by molar-refractivity contribution is 0.0555. The first-order chi connectivity index (χ1) is 9.11. The Hall–Kier alpha value is -1.73. The van der Waals surface area contributed by atoms with Crippen molar-refractivity contribution in [1.82, 2.24) is 20.1 Å². The lowest BCUT2D eigenvalue weighted by Gasteiger charge is -2.14. The maximum atomic E-state index is 6.03. The number of nitrogens with zero attached hydrogens (tertiary/aromatic N) is 3. The fourth-order valence-electron chi connectivity index (χ4n) is 1.91. The minimum atomic E-state index is -0.355. The standard InChI is InChI=1S/C12H19N5O2/c1-7(2)10(18-3)11-16-12(19-17-11)9(13)4-8-5-14-6-15-8/h5-7,9-10H,4,13H2,1-3H3,(H,14,15). The van der Waals surface area contributed by atoms with Crippen molar-refractivity contribution in [3.05, 3.63) is 29.9 Å². The highest BCUT2D eigenvalue weighted by Gasteiger charge is 2.23.